The maximum Gasteiger partial charge on any atom is 0.421 e. The van der Waals surface area contributed by atoms with Crippen LogP contribution < -0.4 is 4.74 Å². The Morgan fingerprint density at radius 2 is 1.62 bits per heavy atom. The van der Waals surface area contributed by atoms with Crippen LogP contribution in [0.25, 0.3) is 0 Å². The Balaban J connectivity index is 3.34. The van der Waals surface area contributed by atoms with Gasteiger partial charge < -0.3 is 4.74 Å². The average Bonchev–Trinajstić information content (AvgIpc) is 2.14. The lowest BCUT2D eigenvalue weighted by atomic mass is 10.2. The quantitative estimate of drug-likeness (QED) is 0.709. The molecule has 1 aromatic rings. The van der Waals surface area contributed by atoms with Crippen LogP contribution in [0.1, 0.15) is 11.1 Å². The normalized spacial score (nSPS) is 12.7. The molecule has 2 nitrogen and oxygen atoms in total. The van der Waals surface area contributed by atoms with Crippen LogP contribution in [0, 0.1) is 0 Å². The molecule has 90 valence electrons. The van der Waals surface area contributed by atoms with Crippen molar-refractivity contribution in [1.82, 2.24) is 4.98 Å². The van der Waals surface area contributed by atoms with Gasteiger partial charge >= 0.3 is 12.4 Å². The number of rotatable bonds is 1. The van der Waals surface area contributed by atoms with Gasteiger partial charge in [0.15, 0.2) is 0 Å². The van der Waals surface area contributed by atoms with Gasteiger partial charge in [0.2, 0.25) is 5.88 Å². The SMILES string of the molecule is COc1ncc(C(F)(F)F)cc1C(F)(F)F. The Bertz CT molecular complexity index is 383. The van der Waals surface area contributed by atoms with Gasteiger partial charge in [-0.3, -0.25) is 0 Å². The number of aromatic nitrogens is 1. The summed E-state index contributed by atoms with van der Waals surface area (Å²) >= 11 is 0. The van der Waals surface area contributed by atoms with E-state index in [-0.39, 0.29) is 12.3 Å². The Morgan fingerprint density at radius 3 is 2.00 bits per heavy atom. The van der Waals surface area contributed by atoms with E-state index in [1.54, 1.807) is 0 Å². The second-order valence-electron chi connectivity index (χ2n) is 2.78. The third kappa shape index (κ3) is 2.56. The number of hydrogen-bond donors (Lipinski definition) is 0. The Kier molecular flexibility index (Phi) is 3.02. The highest BCUT2D eigenvalue weighted by atomic mass is 19.4. The number of methoxy groups -OCH3 is 1. The summed E-state index contributed by atoms with van der Waals surface area (Å²) < 4.78 is 77.6. The van der Waals surface area contributed by atoms with Crippen molar-refractivity contribution in [2.75, 3.05) is 7.11 Å². The van der Waals surface area contributed by atoms with E-state index in [2.05, 4.69) is 9.72 Å². The van der Waals surface area contributed by atoms with Gasteiger partial charge in [0, 0.05) is 6.20 Å². The lowest BCUT2D eigenvalue weighted by Crippen LogP contribution is -2.13. The molecule has 0 saturated heterocycles. The topological polar surface area (TPSA) is 22.1 Å². The van der Waals surface area contributed by atoms with E-state index in [9.17, 15) is 26.3 Å². The summed E-state index contributed by atoms with van der Waals surface area (Å²) in [4.78, 5) is 2.97. The highest BCUT2D eigenvalue weighted by molar-refractivity contribution is 5.33. The van der Waals surface area contributed by atoms with Crippen molar-refractivity contribution in [2.45, 2.75) is 12.4 Å². The maximum absolute atomic E-state index is 12.3. The average molecular weight is 245 g/mol. The maximum atomic E-state index is 12.3. The van der Waals surface area contributed by atoms with Crippen molar-refractivity contribution in [3.63, 3.8) is 0 Å². The van der Waals surface area contributed by atoms with Crippen LogP contribution in [-0.4, -0.2) is 12.1 Å². The molecule has 8 heteroatoms. The van der Waals surface area contributed by atoms with Gasteiger partial charge in [0.05, 0.1) is 12.7 Å². The fourth-order valence-electron chi connectivity index (χ4n) is 0.973. The highest BCUT2D eigenvalue weighted by Gasteiger charge is 2.39. The predicted octanol–water partition coefficient (Wildman–Crippen LogP) is 3.13. The molecule has 0 aliphatic carbocycles. The molecular weight excluding hydrogens is 240 g/mol. The molecule has 0 saturated carbocycles. The number of halogens is 6. The lowest BCUT2D eigenvalue weighted by molar-refractivity contribution is -0.144. The minimum absolute atomic E-state index is 0.0359. The minimum Gasteiger partial charge on any atom is -0.481 e. The van der Waals surface area contributed by atoms with Gasteiger partial charge in [0.1, 0.15) is 5.56 Å². The zero-order valence-corrected chi connectivity index (χ0v) is 7.78. The van der Waals surface area contributed by atoms with Crippen molar-refractivity contribution in [3.8, 4) is 5.88 Å². The van der Waals surface area contributed by atoms with Crippen molar-refractivity contribution >= 4 is 0 Å². The zero-order valence-electron chi connectivity index (χ0n) is 7.78. The second kappa shape index (κ2) is 3.84. The molecule has 0 unspecified atom stereocenters. The monoisotopic (exact) mass is 245 g/mol. The van der Waals surface area contributed by atoms with Crippen LogP contribution in [0.5, 0.6) is 5.88 Å². The first-order valence-electron chi connectivity index (χ1n) is 3.84. The summed E-state index contributed by atoms with van der Waals surface area (Å²) in [6.45, 7) is 0. The van der Waals surface area contributed by atoms with Crippen LogP contribution in [0.15, 0.2) is 12.3 Å². The molecule has 1 aromatic heterocycles. The summed E-state index contributed by atoms with van der Waals surface area (Å²) in [6, 6.07) is -0.0359. The molecule has 1 heterocycles. The molecule has 1 rings (SSSR count). The lowest BCUT2D eigenvalue weighted by Gasteiger charge is -2.13. The molecule has 0 amide bonds. The van der Waals surface area contributed by atoms with Gasteiger partial charge in [-0.25, -0.2) is 4.98 Å². The Morgan fingerprint density at radius 1 is 1.06 bits per heavy atom. The van der Waals surface area contributed by atoms with Gasteiger partial charge in [-0.05, 0) is 6.07 Å². The molecule has 0 aromatic carbocycles. The van der Waals surface area contributed by atoms with Crippen LogP contribution >= 0.6 is 0 Å². The first-order chi connectivity index (χ1) is 7.16. The van der Waals surface area contributed by atoms with Crippen molar-refractivity contribution in [3.05, 3.63) is 23.4 Å². The molecule has 0 aliphatic rings. The van der Waals surface area contributed by atoms with Gasteiger partial charge in [0.25, 0.3) is 0 Å². The molecule has 0 fully saturated rings. The van der Waals surface area contributed by atoms with Crippen LogP contribution in [0.4, 0.5) is 26.3 Å². The summed E-state index contributed by atoms with van der Waals surface area (Å²) in [5, 5.41) is 0. The van der Waals surface area contributed by atoms with Crippen LogP contribution in [0.3, 0.4) is 0 Å². The standard InChI is InChI=1S/C8H5F6NO/c1-16-6-5(8(12,13)14)2-4(3-15-6)7(9,10)11/h2-3H,1H3. The van der Waals surface area contributed by atoms with Crippen LogP contribution in [-0.2, 0) is 12.4 Å². The number of ether oxygens (including phenoxy) is 1. The van der Waals surface area contributed by atoms with E-state index in [1.165, 1.54) is 0 Å². The Hall–Kier alpha value is -1.47. The molecule has 0 atom stereocenters. The first kappa shape index (κ1) is 12.6. The molecule has 0 aliphatic heterocycles. The summed E-state index contributed by atoms with van der Waals surface area (Å²) in [6.07, 6.45) is -9.53. The smallest absolute Gasteiger partial charge is 0.421 e. The molecular formula is C8H5F6NO. The fraction of sp³-hybridized carbons (Fsp3) is 0.375. The first-order valence-corrected chi connectivity index (χ1v) is 3.84. The largest absolute Gasteiger partial charge is 0.481 e. The minimum atomic E-state index is -4.94. The molecule has 0 bridgehead atoms. The molecule has 16 heavy (non-hydrogen) atoms. The highest BCUT2D eigenvalue weighted by Crippen LogP contribution is 2.38. The van der Waals surface area contributed by atoms with E-state index in [0.717, 1.165) is 7.11 Å². The van der Waals surface area contributed by atoms with Gasteiger partial charge in [-0.2, -0.15) is 26.3 Å². The predicted molar refractivity (Wildman–Crippen MR) is 40.8 cm³/mol. The van der Waals surface area contributed by atoms with Gasteiger partial charge in [-0.15, -0.1) is 0 Å². The van der Waals surface area contributed by atoms with Crippen molar-refractivity contribution in [1.29, 1.82) is 0 Å². The molecule has 0 N–H and O–H groups in total. The van der Waals surface area contributed by atoms with Gasteiger partial charge in [-0.1, -0.05) is 0 Å². The molecule has 0 spiro atoms. The molecule has 0 radical (unpaired) electrons. The summed E-state index contributed by atoms with van der Waals surface area (Å²) in [7, 11) is 0.894. The van der Waals surface area contributed by atoms with Crippen molar-refractivity contribution in [2.24, 2.45) is 0 Å². The van der Waals surface area contributed by atoms with E-state index < -0.39 is 29.4 Å². The zero-order chi connectivity index (χ0) is 12.6. The fourth-order valence-corrected chi connectivity index (χ4v) is 0.973. The number of hydrogen-bond acceptors (Lipinski definition) is 2. The third-order valence-electron chi connectivity index (χ3n) is 1.68. The van der Waals surface area contributed by atoms with E-state index in [4.69, 9.17) is 0 Å². The second-order valence-corrected chi connectivity index (χ2v) is 2.78. The third-order valence-corrected chi connectivity index (χ3v) is 1.68. The summed E-state index contributed by atoms with van der Waals surface area (Å²) in [5.41, 5.74) is -3.02. The number of nitrogens with zero attached hydrogens (tertiary/aromatic N) is 1. The number of pyridine rings is 1. The Labute approximate surface area is 85.9 Å². The van der Waals surface area contributed by atoms with E-state index in [1.807, 2.05) is 0 Å². The van der Waals surface area contributed by atoms with E-state index in [0.29, 0.717) is 0 Å². The van der Waals surface area contributed by atoms with Crippen molar-refractivity contribution < 1.29 is 31.1 Å². The van der Waals surface area contributed by atoms with E-state index >= 15 is 0 Å². The summed E-state index contributed by atoms with van der Waals surface area (Å²) in [5.74, 6) is -0.888. The van der Waals surface area contributed by atoms with Crippen LogP contribution in [0.2, 0.25) is 0 Å². The number of alkyl halides is 6.